The van der Waals surface area contributed by atoms with Crippen molar-refractivity contribution in [1.29, 1.82) is 0 Å². The van der Waals surface area contributed by atoms with Crippen molar-refractivity contribution in [1.82, 2.24) is 24.8 Å². The van der Waals surface area contributed by atoms with Crippen molar-refractivity contribution in [2.75, 3.05) is 23.3 Å². The third-order valence-electron chi connectivity index (χ3n) is 4.86. The van der Waals surface area contributed by atoms with Crippen molar-refractivity contribution in [2.24, 2.45) is 5.92 Å². The topological polar surface area (TPSA) is 88.3 Å². The summed E-state index contributed by atoms with van der Waals surface area (Å²) in [6, 6.07) is 6.60. The summed E-state index contributed by atoms with van der Waals surface area (Å²) >= 11 is 0. The molecule has 1 aliphatic rings. The number of aromatic nitrogens is 5. The summed E-state index contributed by atoms with van der Waals surface area (Å²) in [6.45, 7) is 2.86. The van der Waals surface area contributed by atoms with Gasteiger partial charge in [0.15, 0.2) is 5.65 Å². The summed E-state index contributed by atoms with van der Waals surface area (Å²) in [4.78, 5) is 18.5. The van der Waals surface area contributed by atoms with E-state index in [1.54, 1.807) is 24.4 Å². The van der Waals surface area contributed by atoms with Gasteiger partial charge in [-0.05, 0) is 44.0 Å². The molecule has 1 amide bonds. The molecule has 0 aromatic carbocycles. The van der Waals surface area contributed by atoms with Crippen molar-refractivity contribution in [2.45, 2.75) is 25.9 Å². The van der Waals surface area contributed by atoms with Gasteiger partial charge in [-0.2, -0.15) is 17.7 Å². The Hall–Kier alpha value is -3.24. The van der Waals surface area contributed by atoms with E-state index in [2.05, 4.69) is 25.6 Å². The van der Waals surface area contributed by atoms with Gasteiger partial charge in [0, 0.05) is 36.6 Å². The van der Waals surface area contributed by atoms with E-state index in [1.165, 1.54) is 6.07 Å². The molecule has 11 heteroatoms. The van der Waals surface area contributed by atoms with E-state index in [-0.39, 0.29) is 17.5 Å². The van der Waals surface area contributed by atoms with Gasteiger partial charge in [-0.1, -0.05) is 0 Å². The van der Waals surface area contributed by atoms with E-state index in [1.807, 2.05) is 11.8 Å². The number of hydrogen-bond acceptors (Lipinski definition) is 6. The molecule has 0 atom stereocenters. The molecule has 152 valence electrons. The molecule has 29 heavy (non-hydrogen) atoms. The average Bonchev–Trinajstić information content (AvgIpc) is 3.12. The number of amides is 1. The van der Waals surface area contributed by atoms with Gasteiger partial charge >= 0.3 is 6.18 Å². The van der Waals surface area contributed by atoms with Gasteiger partial charge < -0.3 is 10.2 Å². The molecular formula is C18H18F3N7O. The van der Waals surface area contributed by atoms with E-state index in [0.717, 1.165) is 5.69 Å². The first-order valence-corrected chi connectivity index (χ1v) is 9.09. The molecule has 1 fully saturated rings. The number of piperidine rings is 1. The molecule has 1 saturated heterocycles. The molecule has 3 aromatic rings. The van der Waals surface area contributed by atoms with Gasteiger partial charge in [-0.25, -0.2) is 0 Å². The number of anilines is 2. The lowest BCUT2D eigenvalue weighted by atomic mass is 9.96. The van der Waals surface area contributed by atoms with E-state index in [9.17, 15) is 18.0 Å². The van der Waals surface area contributed by atoms with Crippen molar-refractivity contribution in [3.63, 3.8) is 0 Å². The maximum Gasteiger partial charge on any atom is 0.453 e. The largest absolute Gasteiger partial charge is 0.453 e. The Morgan fingerprint density at radius 2 is 1.93 bits per heavy atom. The van der Waals surface area contributed by atoms with Crippen LogP contribution in [0.25, 0.3) is 5.65 Å². The molecule has 3 aromatic heterocycles. The Balaban J connectivity index is 1.43. The number of halogens is 3. The van der Waals surface area contributed by atoms with Gasteiger partial charge in [0.1, 0.15) is 5.82 Å². The van der Waals surface area contributed by atoms with E-state index < -0.39 is 12.0 Å². The van der Waals surface area contributed by atoms with Crippen LogP contribution >= 0.6 is 0 Å². The Kier molecular flexibility index (Phi) is 4.81. The molecule has 0 aliphatic carbocycles. The third kappa shape index (κ3) is 3.98. The van der Waals surface area contributed by atoms with Crippen molar-refractivity contribution in [3.8, 4) is 0 Å². The zero-order valence-electron chi connectivity index (χ0n) is 15.5. The Bertz CT molecular complexity index is 1040. The molecule has 0 saturated carbocycles. The zero-order valence-corrected chi connectivity index (χ0v) is 15.5. The molecule has 0 bridgehead atoms. The molecule has 1 aliphatic heterocycles. The fourth-order valence-electron chi connectivity index (χ4n) is 3.36. The molecule has 4 rings (SSSR count). The maximum absolute atomic E-state index is 13.0. The van der Waals surface area contributed by atoms with Crippen LogP contribution in [-0.2, 0) is 11.0 Å². The minimum atomic E-state index is -4.64. The summed E-state index contributed by atoms with van der Waals surface area (Å²) in [5, 5.41) is 13.6. The highest BCUT2D eigenvalue weighted by molar-refractivity contribution is 5.92. The van der Waals surface area contributed by atoms with Crippen LogP contribution in [0.2, 0.25) is 0 Å². The molecule has 8 nitrogen and oxygen atoms in total. The quantitative estimate of drug-likeness (QED) is 0.721. The second-order valence-electron chi connectivity index (χ2n) is 6.92. The normalized spacial score (nSPS) is 15.7. The number of hydrogen-bond donors (Lipinski definition) is 1. The first-order valence-electron chi connectivity index (χ1n) is 9.09. The molecule has 4 heterocycles. The SMILES string of the molecule is Cc1cc(NC(=O)C2CCN(c3ccc4nnc(C(F)(F)F)n4n3)CC2)ccn1. The lowest BCUT2D eigenvalue weighted by Gasteiger charge is -2.32. The fraction of sp³-hybridized carbons (Fsp3) is 0.389. The lowest BCUT2D eigenvalue weighted by Crippen LogP contribution is -2.38. The van der Waals surface area contributed by atoms with Gasteiger partial charge in [-0.15, -0.1) is 15.3 Å². The molecule has 0 radical (unpaired) electrons. The number of carbonyl (C=O) groups excluding carboxylic acids is 1. The number of carbonyl (C=O) groups is 1. The number of aryl methyl sites for hydroxylation is 1. The average molecular weight is 405 g/mol. The summed E-state index contributed by atoms with van der Waals surface area (Å²) in [5.41, 5.74) is 1.54. The van der Waals surface area contributed by atoms with Crippen molar-refractivity contribution < 1.29 is 18.0 Å². The van der Waals surface area contributed by atoms with Crippen LogP contribution < -0.4 is 10.2 Å². The maximum atomic E-state index is 13.0. The highest BCUT2D eigenvalue weighted by atomic mass is 19.4. The van der Waals surface area contributed by atoms with Crippen LogP contribution in [0.15, 0.2) is 30.5 Å². The van der Waals surface area contributed by atoms with Crippen molar-refractivity contribution >= 4 is 23.1 Å². The molecular weight excluding hydrogens is 387 g/mol. The van der Waals surface area contributed by atoms with Crippen LogP contribution in [0.3, 0.4) is 0 Å². The summed E-state index contributed by atoms with van der Waals surface area (Å²) in [7, 11) is 0. The van der Waals surface area contributed by atoms with Gasteiger partial charge in [0.05, 0.1) is 0 Å². The van der Waals surface area contributed by atoms with E-state index in [4.69, 9.17) is 0 Å². The van der Waals surface area contributed by atoms with Gasteiger partial charge in [0.25, 0.3) is 5.82 Å². The number of rotatable bonds is 3. The number of fused-ring (bicyclic) bond motifs is 1. The number of nitrogens with zero attached hydrogens (tertiary/aromatic N) is 6. The highest BCUT2D eigenvalue weighted by Gasteiger charge is 2.38. The van der Waals surface area contributed by atoms with E-state index >= 15 is 0 Å². The number of nitrogens with one attached hydrogen (secondary N) is 1. The van der Waals surface area contributed by atoms with Crippen LogP contribution in [0.5, 0.6) is 0 Å². The van der Waals surface area contributed by atoms with Crippen LogP contribution in [0.1, 0.15) is 24.4 Å². The zero-order chi connectivity index (χ0) is 20.6. The number of alkyl halides is 3. The Morgan fingerprint density at radius 3 is 2.62 bits per heavy atom. The first-order chi connectivity index (χ1) is 13.8. The smallest absolute Gasteiger partial charge is 0.355 e. The molecule has 0 spiro atoms. The van der Waals surface area contributed by atoms with Crippen molar-refractivity contribution in [3.05, 3.63) is 42.0 Å². The first kappa shape index (κ1) is 19.1. The predicted molar refractivity (Wildman–Crippen MR) is 98.3 cm³/mol. The monoisotopic (exact) mass is 405 g/mol. The third-order valence-corrected chi connectivity index (χ3v) is 4.86. The number of pyridine rings is 1. The lowest BCUT2D eigenvalue weighted by molar-refractivity contribution is -0.146. The summed E-state index contributed by atoms with van der Waals surface area (Å²) in [5.74, 6) is -1.01. The van der Waals surface area contributed by atoms with E-state index in [0.29, 0.717) is 42.0 Å². The Labute approximate surface area is 163 Å². The van der Waals surface area contributed by atoms with Gasteiger partial charge in [0.2, 0.25) is 5.91 Å². The van der Waals surface area contributed by atoms with Crippen LogP contribution in [0.4, 0.5) is 24.7 Å². The minimum absolute atomic E-state index is 0.0305. The second-order valence-corrected chi connectivity index (χ2v) is 6.92. The predicted octanol–water partition coefficient (Wildman–Crippen LogP) is 2.70. The van der Waals surface area contributed by atoms with Crippen LogP contribution in [0, 0.1) is 12.8 Å². The molecule has 1 N–H and O–H groups in total. The second kappa shape index (κ2) is 7.30. The highest BCUT2D eigenvalue weighted by Crippen LogP contribution is 2.29. The van der Waals surface area contributed by atoms with Crippen LogP contribution in [-0.4, -0.2) is 43.8 Å². The fourth-order valence-corrected chi connectivity index (χ4v) is 3.36. The summed E-state index contributed by atoms with van der Waals surface area (Å²) < 4.78 is 39.8. The summed E-state index contributed by atoms with van der Waals surface area (Å²) in [6.07, 6.45) is -1.86. The molecule has 0 unspecified atom stereocenters. The minimum Gasteiger partial charge on any atom is -0.355 e. The Morgan fingerprint density at radius 1 is 1.17 bits per heavy atom. The standard InChI is InChI=1S/C18H18F3N7O/c1-11-10-13(4-7-22-11)23-16(29)12-5-8-27(9-6-12)15-3-2-14-24-25-17(18(19,20)21)28(14)26-15/h2-4,7,10,12H,5-6,8-9H2,1H3,(H,22,23,29). The van der Waals surface area contributed by atoms with Gasteiger partial charge in [-0.3, -0.25) is 9.78 Å².